The molecular weight excluding hydrogens is 406 g/mol. The highest BCUT2D eigenvalue weighted by Crippen LogP contribution is 2.37. The highest BCUT2D eigenvalue weighted by molar-refractivity contribution is 5.94. The molecule has 2 heterocycles. The van der Waals surface area contributed by atoms with Crippen LogP contribution >= 0.6 is 0 Å². The van der Waals surface area contributed by atoms with Crippen LogP contribution in [0, 0.1) is 13.8 Å². The van der Waals surface area contributed by atoms with Crippen LogP contribution in [0.3, 0.4) is 0 Å². The third-order valence-corrected chi connectivity index (χ3v) is 4.18. The Balaban J connectivity index is 1.84. The normalized spacial score (nSPS) is 10.9. The first-order valence-electron chi connectivity index (χ1n) is 9.02. The number of methoxy groups -OCH3 is 3. The molecule has 2 aromatic heterocycles. The summed E-state index contributed by atoms with van der Waals surface area (Å²) in [6.45, 7) is 3.22. The van der Waals surface area contributed by atoms with Gasteiger partial charge in [-0.15, -0.1) is 10.2 Å². The lowest BCUT2D eigenvalue weighted by atomic mass is 10.2. The molecule has 0 saturated heterocycles. The zero-order valence-corrected chi connectivity index (χ0v) is 17.6. The maximum Gasteiger partial charge on any atom is 0.290 e. The lowest BCUT2D eigenvalue weighted by molar-refractivity contribution is 0.0947. The van der Waals surface area contributed by atoms with Gasteiger partial charge in [0.1, 0.15) is 11.4 Å². The lowest BCUT2D eigenvalue weighted by Crippen LogP contribution is -2.24. The monoisotopic (exact) mass is 427 g/mol. The van der Waals surface area contributed by atoms with E-state index in [1.807, 2.05) is 0 Å². The zero-order valence-electron chi connectivity index (χ0n) is 17.6. The number of benzene rings is 1. The van der Waals surface area contributed by atoms with Gasteiger partial charge in [0.25, 0.3) is 17.4 Å². The number of nitrogens with one attached hydrogen (secondary N) is 2. The average Bonchev–Trinajstić information content (AvgIpc) is 3.16. The van der Waals surface area contributed by atoms with Crippen LogP contribution in [0.2, 0.25) is 0 Å². The number of aryl methyl sites for hydroxylation is 2. The average molecular weight is 427 g/mol. The Hall–Kier alpha value is -4.22. The minimum absolute atomic E-state index is 0.0162. The van der Waals surface area contributed by atoms with E-state index in [0.717, 1.165) is 0 Å². The Bertz CT molecular complexity index is 1170. The molecule has 0 unspecified atom stereocenters. The number of carbonyl (C=O) groups is 1. The van der Waals surface area contributed by atoms with Crippen molar-refractivity contribution in [3.63, 3.8) is 0 Å². The van der Waals surface area contributed by atoms with Gasteiger partial charge in [0, 0.05) is 5.56 Å². The fraction of sp³-hybridized carbons (Fsp3) is 0.263. The summed E-state index contributed by atoms with van der Waals surface area (Å²) in [5.41, 5.74) is 3.46. The molecule has 31 heavy (non-hydrogen) atoms. The first-order valence-corrected chi connectivity index (χ1v) is 9.02. The number of hydrogen-bond donors (Lipinski definition) is 2. The number of hydrazone groups is 1. The second-order valence-corrected chi connectivity index (χ2v) is 6.30. The van der Waals surface area contributed by atoms with Gasteiger partial charge in [0.2, 0.25) is 5.75 Å². The molecule has 3 aromatic rings. The Morgan fingerprint density at radius 2 is 1.77 bits per heavy atom. The summed E-state index contributed by atoms with van der Waals surface area (Å²) < 4.78 is 17.1. The minimum atomic E-state index is -0.562. The smallest absolute Gasteiger partial charge is 0.290 e. The third-order valence-electron chi connectivity index (χ3n) is 4.18. The van der Waals surface area contributed by atoms with Crippen LogP contribution in [0.1, 0.15) is 27.4 Å². The summed E-state index contributed by atoms with van der Waals surface area (Å²) in [6.07, 6.45) is 1.42. The van der Waals surface area contributed by atoms with Gasteiger partial charge in [-0.25, -0.2) is 5.43 Å². The van der Waals surface area contributed by atoms with E-state index in [2.05, 4.69) is 30.8 Å². The first-order chi connectivity index (χ1) is 14.9. The van der Waals surface area contributed by atoms with Crippen molar-refractivity contribution < 1.29 is 19.0 Å². The van der Waals surface area contributed by atoms with Gasteiger partial charge in [-0.3, -0.25) is 14.6 Å². The van der Waals surface area contributed by atoms with E-state index in [0.29, 0.717) is 28.5 Å². The highest BCUT2D eigenvalue weighted by Gasteiger charge is 2.17. The van der Waals surface area contributed by atoms with E-state index in [4.69, 9.17) is 14.2 Å². The lowest BCUT2D eigenvalue weighted by Gasteiger charge is -2.12. The molecule has 0 aliphatic carbocycles. The summed E-state index contributed by atoms with van der Waals surface area (Å²) in [7, 11) is 4.51. The fourth-order valence-electron chi connectivity index (χ4n) is 2.70. The summed E-state index contributed by atoms with van der Waals surface area (Å²) >= 11 is 0. The number of H-pyrrole nitrogens is 1. The van der Waals surface area contributed by atoms with Crippen molar-refractivity contribution in [3.8, 4) is 23.2 Å². The summed E-state index contributed by atoms with van der Waals surface area (Å²) in [6, 6.07) is 4.89. The first kappa shape index (κ1) is 21.5. The Labute approximate surface area is 176 Å². The second-order valence-electron chi connectivity index (χ2n) is 6.30. The molecule has 0 saturated carbocycles. The minimum Gasteiger partial charge on any atom is -0.493 e. The Morgan fingerprint density at radius 1 is 1.10 bits per heavy atom. The van der Waals surface area contributed by atoms with Crippen LogP contribution in [0.5, 0.6) is 17.2 Å². The Kier molecular flexibility index (Phi) is 6.29. The topological polar surface area (TPSA) is 146 Å². The number of amides is 1. The molecule has 12 nitrogen and oxygen atoms in total. The van der Waals surface area contributed by atoms with Crippen molar-refractivity contribution in [2.24, 2.45) is 5.10 Å². The van der Waals surface area contributed by atoms with Gasteiger partial charge < -0.3 is 14.2 Å². The van der Waals surface area contributed by atoms with E-state index < -0.39 is 11.5 Å². The molecule has 0 aliphatic heterocycles. The van der Waals surface area contributed by atoms with Crippen LogP contribution in [0.15, 0.2) is 28.1 Å². The van der Waals surface area contributed by atoms with Gasteiger partial charge in [0.05, 0.1) is 33.2 Å². The number of aromatic nitrogens is 5. The molecule has 162 valence electrons. The maximum absolute atomic E-state index is 12.6. The molecule has 1 aromatic carbocycles. The molecule has 2 N–H and O–H groups in total. The molecular formula is C19H21N7O5. The highest BCUT2D eigenvalue weighted by atomic mass is 16.5. The fourth-order valence-corrected chi connectivity index (χ4v) is 2.70. The van der Waals surface area contributed by atoms with Crippen LogP contribution < -0.4 is 25.2 Å². The van der Waals surface area contributed by atoms with Crippen molar-refractivity contribution in [1.29, 1.82) is 0 Å². The van der Waals surface area contributed by atoms with E-state index in [-0.39, 0.29) is 17.3 Å². The van der Waals surface area contributed by atoms with Crippen molar-refractivity contribution in [3.05, 3.63) is 51.2 Å². The SMILES string of the molecule is COc1cc(/C=N\NC(=O)c2cc(C)nn2-c2nnc(C)c(=O)[nH]2)cc(OC)c1OC. The molecule has 0 fully saturated rings. The maximum atomic E-state index is 12.6. The van der Waals surface area contributed by atoms with Crippen LogP contribution in [0.25, 0.3) is 5.95 Å². The van der Waals surface area contributed by atoms with Crippen LogP contribution in [-0.4, -0.2) is 58.4 Å². The molecule has 12 heteroatoms. The van der Waals surface area contributed by atoms with Gasteiger partial charge in [-0.2, -0.15) is 14.9 Å². The predicted molar refractivity (Wildman–Crippen MR) is 110 cm³/mol. The largest absolute Gasteiger partial charge is 0.493 e. The number of aromatic amines is 1. The van der Waals surface area contributed by atoms with E-state index in [9.17, 15) is 9.59 Å². The summed E-state index contributed by atoms with van der Waals surface area (Å²) in [5, 5.41) is 15.8. The van der Waals surface area contributed by atoms with E-state index in [1.54, 1.807) is 19.1 Å². The molecule has 0 aliphatic rings. The number of nitrogens with zero attached hydrogens (tertiary/aromatic N) is 5. The van der Waals surface area contributed by atoms with Gasteiger partial charge >= 0.3 is 0 Å². The van der Waals surface area contributed by atoms with Crippen LogP contribution in [0.4, 0.5) is 0 Å². The molecule has 0 spiro atoms. The summed E-state index contributed by atoms with van der Waals surface area (Å²) in [5.74, 6) is 0.796. The molecule has 1 amide bonds. The molecule has 0 bridgehead atoms. The van der Waals surface area contributed by atoms with Gasteiger partial charge in [-0.05, 0) is 32.0 Å². The van der Waals surface area contributed by atoms with Crippen molar-refractivity contribution >= 4 is 12.1 Å². The van der Waals surface area contributed by atoms with Gasteiger partial charge in [0.15, 0.2) is 11.5 Å². The van der Waals surface area contributed by atoms with E-state index >= 15 is 0 Å². The number of carbonyl (C=O) groups excluding carboxylic acids is 1. The quantitative estimate of drug-likeness (QED) is 0.415. The standard InChI is InChI=1S/C19H21N7O5/c1-10-6-13(26(25-10)19-21-17(27)11(2)22-24-19)18(28)23-20-9-12-7-14(29-3)16(31-5)15(8-12)30-4/h6-9H,1-5H3,(H,23,28)(H,21,24,27)/b20-9-. The van der Waals surface area contributed by atoms with E-state index in [1.165, 1.54) is 45.2 Å². The van der Waals surface area contributed by atoms with Gasteiger partial charge in [-0.1, -0.05) is 0 Å². The molecule has 3 rings (SSSR count). The van der Waals surface area contributed by atoms with Crippen molar-refractivity contribution in [2.75, 3.05) is 21.3 Å². The van der Waals surface area contributed by atoms with Crippen molar-refractivity contribution in [1.82, 2.24) is 30.4 Å². The van der Waals surface area contributed by atoms with Crippen LogP contribution in [-0.2, 0) is 0 Å². The Morgan fingerprint density at radius 3 is 2.35 bits per heavy atom. The number of ether oxygens (including phenoxy) is 3. The number of rotatable bonds is 7. The third kappa shape index (κ3) is 4.52. The molecule has 0 radical (unpaired) electrons. The predicted octanol–water partition coefficient (Wildman–Crippen LogP) is 0.757. The van der Waals surface area contributed by atoms with Crippen molar-refractivity contribution in [2.45, 2.75) is 13.8 Å². The summed E-state index contributed by atoms with van der Waals surface area (Å²) in [4.78, 5) is 27.0. The second kappa shape index (κ2) is 9.07. The zero-order chi connectivity index (χ0) is 22.5. The number of hydrogen-bond acceptors (Lipinski definition) is 9. The molecule has 0 atom stereocenters.